The molecule has 0 heterocycles. The number of nitrogens with zero attached hydrogens (tertiary/aromatic N) is 1. The normalized spacial score (nSPS) is 9.93. The molecule has 27 heavy (non-hydrogen) atoms. The molecule has 3 rings (SSSR count). The zero-order valence-corrected chi connectivity index (χ0v) is 14.8. The summed E-state index contributed by atoms with van der Waals surface area (Å²) in [7, 11) is 0. The third-order valence-corrected chi connectivity index (χ3v) is 4.00. The molecule has 0 bridgehead atoms. The van der Waals surface area contributed by atoms with E-state index >= 15 is 0 Å². The van der Waals surface area contributed by atoms with Gasteiger partial charge in [0, 0.05) is 21.8 Å². The fourth-order valence-corrected chi connectivity index (χ4v) is 2.65. The van der Waals surface area contributed by atoms with Gasteiger partial charge in [0.15, 0.2) is 0 Å². The van der Waals surface area contributed by atoms with Crippen molar-refractivity contribution in [2.24, 2.45) is 0 Å². The third kappa shape index (κ3) is 4.51. The summed E-state index contributed by atoms with van der Waals surface area (Å²) in [6.45, 7) is 0. The number of nitriles is 1. The Kier molecular flexibility index (Phi) is 5.50. The number of hydrogen-bond donors (Lipinski definition) is 2. The van der Waals surface area contributed by atoms with Crippen LogP contribution in [0.1, 0.15) is 26.3 Å². The lowest BCUT2D eigenvalue weighted by Gasteiger charge is -2.09. The molecule has 6 heteroatoms. The molecule has 0 saturated heterocycles. The largest absolute Gasteiger partial charge is 0.322 e. The fourth-order valence-electron chi connectivity index (χ4n) is 2.46. The van der Waals surface area contributed by atoms with Gasteiger partial charge in [0.05, 0.1) is 11.3 Å². The van der Waals surface area contributed by atoms with Gasteiger partial charge < -0.3 is 10.6 Å². The minimum absolute atomic E-state index is 0.307. The van der Waals surface area contributed by atoms with Gasteiger partial charge in [-0.25, -0.2) is 0 Å². The van der Waals surface area contributed by atoms with E-state index in [4.69, 9.17) is 16.9 Å². The first-order valence-electron chi connectivity index (χ1n) is 8.04. The van der Waals surface area contributed by atoms with E-state index in [1.54, 1.807) is 66.7 Å². The van der Waals surface area contributed by atoms with Crippen LogP contribution in [-0.4, -0.2) is 11.8 Å². The highest BCUT2D eigenvalue weighted by Crippen LogP contribution is 2.18. The highest BCUT2D eigenvalue weighted by atomic mass is 35.5. The maximum Gasteiger partial charge on any atom is 0.255 e. The maximum absolute atomic E-state index is 12.5. The quantitative estimate of drug-likeness (QED) is 0.692. The molecule has 0 atom stereocenters. The number of benzene rings is 3. The highest BCUT2D eigenvalue weighted by molar-refractivity contribution is 6.31. The first-order chi connectivity index (χ1) is 13.1. The Bertz CT molecular complexity index is 1060. The van der Waals surface area contributed by atoms with Crippen LogP contribution in [0, 0.1) is 11.3 Å². The van der Waals surface area contributed by atoms with E-state index in [0.29, 0.717) is 33.1 Å². The second-order valence-electron chi connectivity index (χ2n) is 5.66. The molecular formula is C21H14ClN3O2. The average molecular weight is 376 g/mol. The first kappa shape index (κ1) is 18.2. The van der Waals surface area contributed by atoms with Crippen molar-refractivity contribution in [3.05, 3.63) is 94.5 Å². The number of anilines is 2. The lowest BCUT2D eigenvalue weighted by atomic mass is 10.1. The van der Waals surface area contributed by atoms with Gasteiger partial charge in [-0.05, 0) is 48.5 Å². The summed E-state index contributed by atoms with van der Waals surface area (Å²) in [4.78, 5) is 24.9. The third-order valence-electron chi connectivity index (χ3n) is 3.77. The summed E-state index contributed by atoms with van der Waals surface area (Å²) < 4.78 is 0. The number of para-hydroxylation sites is 1. The number of hydrogen-bond acceptors (Lipinski definition) is 3. The number of carbonyl (C=O) groups is 2. The lowest BCUT2D eigenvalue weighted by molar-refractivity contribution is 0.102. The van der Waals surface area contributed by atoms with Crippen molar-refractivity contribution in [2.75, 3.05) is 10.6 Å². The van der Waals surface area contributed by atoms with E-state index in [0.717, 1.165) is 0 Å². The number of rotatable bonds is 4. The van der Waals surface area contributed by atoms with Gasteiger partial charge in [0.25, 0.3) is 11.8 Å². The van der Waals surface area contributed by atoms with Crippen LogP contribution in [0.15, 0.2) is 72.8 Å². The van der Waals surface area contributed by atoms with Crippen molar-refractivity contribution in [1.82, 2.24) is 0 Å². The zero-order chi connectivity index (χ0) is 19.2. The molecule has 2 amide bonds. The van der Waals surface area contributed by atoms with E-state index in [1.807, 2.05) is 6.07 Å². The second kappa shape index (κ2) is 8.17. The van der Waals surface area contributed by atoms with Crippen molar-refractivity contribution < 1.29 is 9.59 Å². The minimum atomic E-state index is -0.407. The SMILES string of the molecule is N#Cc1ccccc1NC(=O)c1cccc(C(=O)Nc2cccc(Cl)c2)c1. The topological polar surface area (TPSA) is 82.0 Å². The van der Waals surface area contributed by atoms with Crippen LogP contribution in [0.2, 0.25) is 5.02 Å². The summed E-state index contributed by atoms with van der Waals surface area (Å²) in [5.74, 6) is -0.764. The Hall–Kier alpha value is -3.62. The van der Waals surface area contributed by atoms with Crippen LogP contribution in [0.4, 0.5) is 11.4 Å². The van der Waals surface area contributed by atoms with Crippen molar-refractivity contribution in [3.8, 4) is 6.07 Å². The average Bonchev–Trinajstić information content (AvgIpc) is 2.68. The molecule has 0 aromatic heterocycles. The summed E-state index contributed by atoms with van der Waals surface area (Å²) in [5, 5.41) is 15.1. The molecule has 0 saturated carbocycles. The summed E-state index contributed by atoms with van der Waals surface area (Å²) in [5.41, 5.74) is 1.97. The standard InChI is InChI=1S/C21H14ClN3O2/c22-17-8-4-9-18(12-17)24-20(26)14-6-3-7-15(11-14)21(27)25-19-10-2-1-5-16(19)13-23/h1-12H,(H,24,26)(H,25,27). The van der Waals surface area contributed by atoms with Crippen LogP contribution in [0.5, 0.6) is 0 Å². The predicted octanol–water partition coefficient (Wildman–Crippen LogP) is 4.72. The summed E-state index contributed by atoms with van der Waals surface area (Å²) >= 11 is 5.92. The van der Waals surface area contributed by atoms with Gasteiger partial charge in [0.1, 0.15) is 6.07 Å². The minimum Gasteiger partial charge on any atom is -0.322 e. The summed E-state index contributed by atoms with van der Waals surface area (Å²) in [6.07, 6.45) is 0. The van der Waals surface area contributed by atoms with E-state index in [1.165, 1.54) is 6.07 Å². The van der Waals surface area contributed by atoms with Crippen molar-refractivity contribution >= 4 is 34.8 Å². The highest BCUT2D eigenvalue weighted by Gasteiger charge is 2.12. The van der Waals surface area contributed by atoms with E-state index in [9.17, 15) is 9.59 Å². The molecule has 5 nitrogen and oxygen atoms in total. The van der Waals surface area contributed by atoms with Gasteiger partial charge in [0.2, 0.25) is 0 Å². The lowest BCUT2D eigenvalue weighted by Crippen LogP contribution is -2.16. The number of nitrogens with one attached hydrogen (secondary N) is 2. The molecule has 2 N–H and O–H groups in total. The fraction of sp³-hybridized carbons (Fsp3) is 0. The van der Waals surface area contributed by atoms with Crippen LogP contribution in [-0.2, 0) is 0 Å². The molecular weight excluding hydrogens is 362 g/mol. The predicted molar refractivity (Wildman–Crippen MR) is 105 cm³/mol. The van der Waals surface area contributed by atoms with Crippen molar-refractivity contribution in [2.45, 2.75) is 0 Å². The Labute approximate surface area is 161 Å². The number of amides is 2. The van der Waals surface area contributed by atoms with Gasteiger partial charge in [-0.15, -0.1) is 0 Å². The zero-order valence-electron chi connectivity index (χ0n) is 14.1. The first-order valence-corrected chi connectivity index (χ1v) is 8.42. The van der Waals surface area contributed by atoms with Gasteiger partial charge >= 0.3 is 0 Å². The second-order valence-corrected chi connectivity index (χ2v) is 6.09. The Morgan fingerprint density at radius 3 is 2.19 bits per heavy atom. The van der Waals surface area contributed by atoms with Crippen molar-refractivity contribution in [3.63, 3.8) is 0 Å². The van der Waals surface area contributed by atoms with Gasteiger partial charge in [-0.3, -0.25) is 9.59 Å². The number of halogens is 1. The molecule has 0 aliphatic rings. The van der Waals surface area contributed by atoms with Crippen LogP contribution in [0.25, 0.3) is 0 Å². The van der Waals surface area contributed by atoms with Crippen LogP contribution >= 0.6 is 11.6 Å². The molecule has 3 aromatic carbocycles. The Balaban J connectivity index is 1.77. The summed E-state index contributed by atoms with van der Waals surface area (Å²) in [6, 6.07) is 21.8. The molecule has 132 valence electrons. The molecule has 0 unspecified atom stereocenters. The van der Waals surface area contributed by atoms with Gasteiger partial charge in [-0.2, -0.15) is 5.26 Å². The molecule has 0 aliphatic carbocycles. The van der Waals surface area contributed by atoms with Crippen LogP contribution in [0.3, 0.4) is 0 Å². The van der Waals surface area contributed by atoms with Crippen LogP contribution < -0.4 is 10.6 Å². The molecule has 0 spiro atoms. The van der Waals surface area contributed by atoms with Crippen molar-refractivity contribution in [1.29, 1.82) is 5.26 Å². The smallest absolute Gasteiger partial charge is 0.255 e. The molecule has 0 radical (unpaired) electrons. The van der Waals surface area contributed by atoms with E-state index in [-0.39, 0.29) is 5.91 Å². The van der Waals surface area contributed by atoms with E-state index < -0.39 is 5.91 Å². The maximum atomic E-state index is 12.5. The van der Waals surface area contributed by atoms with Gasteiger partial charge in [-0.1, -0.05) is 35.9 Å². The Morgan fingerprint density at radius 1 is 0.815 bits per heavy atom. The molecule has 0 aliphatic heterocycles. The molecule has 0 fully saturated rings. The number of carbonyl (C=O) groups excluding carboxylic acids is 2. The molecule has 3 aromatic rings. The van der Waals surface area contributed by atoms with E-state index in [2.05, 4.69) is 10.6 Å². The monoisotopic (exact) mass is 375 g/mol. The Morgan fingerprint density at radius 2 is 1.48 bits per heavy atom.